The summed E-state index contributed by atoms with van der Waals surface area (Å²) in [5, 5.41) is 0. The average molecular weight is 193 g/mol. The fourth-order valence-corrected chi connectivity index (χ4v) is 1.75. The molecule has 0 saturated heterocycles. The van der Waals surface area contributed by atoms with Crippen molar-refractivity contribution in [3.63, 3.8) is 0 Å². The zero-order valence-electron chi connectivity index (χ0n) is 7.66. The first-order valence-corrected chi connectivity index (χ1v) is 4.59. The standard InChI is InChI=1S/C10H11NO3/c11-6-2-1-3-7(12)10(6)8-4-5-9(13)14-8/h4-5,8H,1-3,11H2. The number of esters is 1. The van der Waals surface area contributed by atoms with E-state index < -0.39 is 12.1 Å². The minimum atomic E-state index is -0.546. The first-order chi connectivity index (χ1) is 6.68. The maximum atomic E-state index is 11.5. The van der Waals surface area contributed by atoms with Gasteiger partial charge < -0.3 is 10.5 Å². The molecular formula is C10H11NO3. The molecule has 1 heterocycles. The lowest BCUT2D eigenvalue weighted by Gasteiger charge is -2.19. The maximum absolute atomic E-state index is 11.5. The molecule has 1 aliphatic carbocycles. The summed E-state index contributed by atoms with van der Waals surface area (Å²) in [4.78, 5) is 22.4. The fraction of sp³-hybridized carbons (Fsp3) is 0.400. The van der Waals surface area contributed by atoms with Gasteiger partial charge in [0, 0.05) is 18.2 Å². The molecule has 0 aromatic rings. The minimum Gasteiger partial charge on any atom is -0.450 e. The summed E-state index contributed by atoms with van der Waals surface area (Å²) >= 11 is 0. The van der Waals surface area contributed by atoms with Gasteiger partial charge >= 0.3 is 5.97 Å². The largest absolute Gasteiger partial charge is 0.450 e. The third-order valence-electron chi connectivity index (χ3n) is 2.43. The number of ether oxygens (including phenoxy) is 1. The molecule has 0 aromatic heterocycles. The van der Waals surface area contributed by atoms with Crippen molar-refractivity contribution in [2.75, 3.05) is 0 Å². The van der Waals surface area contributed by atoms with E-state index in [1.807, 2.05) is 0 Å². The van der Waals surface area contributed by atoms with E-state index in [0.29, 0.717) is 24.1 Å². The second-order valence-electron chi connectivity index (χ2n) is 3.43. The Morgan fingerprint density at radius 2 is 2.14 bits per heavy atom. The highest BCUT2D eigenvalue weighted by molar-refractivity contribution is 5.99. The van der Waals surface area contributed by atoms with Gasteiger partial charge in [0.1, 0.15) is 0 Å². The summed E-state index contributed by atoms with van der Waals surface area (Å²) in [6.45, 7) is 0. The lowest BCUT2D eigenvalue weighted by atomic mass is 9.91. The van der Waals surface area contributed by atoms with Crippen LogP contribution >= 0.6 is 0 Å². The van der Waals surface area contributed by atoms with Crippen molar-refractivity contribution in [3.05, 3.63) is 23.4 Å². The van der Waals surface area contributed by atoms with Gasteiger partial charge in [0.15, 0.2) is 11.9 Å². The number of carbonyl (C=O) groups excluding carboxylic acids is 2. The maximum Gasteiger partial charge on any atom is 0.331 e. The zero-order valence-corrected chi connectivity index (χ0v) is 7.66. The monoisotopic (exact) mass is 193 g/mol. The molecule has 4 nitrogen and oxygen atoms in total. The van der Waals surface area contributed by atoms with E-state index in [2.05, 4.69) is 0 Å². The molecule has 0 aromatic carbocycles. The molecule has 1 atom stereocenters. The van der Waals surface area contributed by atoms with Crippen LogP contribution in [0.25, 0.3) is 0 Å². The van der Waals surface area contributed by atoms with Crippen LogP contribution in [0.3, 0.4) is 0 Å². The van der Waals surface area contributed by atoms with Crippen molar-refractivity contribution >= 4 is 11.8 Å². The molecule has 0 amide bonds. The Balaban J connectivity index is 2.28. The van der Waals surface area contributed by atoms with Crippen LogP contribution in [0.2, 0.25) is 0 Å². The second kappa shape index (κ2) is 3.29. The van der Waals surface area contributed by atoms with Crippen LogP contribution < -0.4 is 5.73 Å². The van der Waals surface area contributed by atoms with E-state index in [4.69, 9.17) is 10.5 Å². The molecule has 2 N–H and O–H groups in total. The molecule has 0 radical (unpaired) electrons. The molecule has 1 aliphatic heterocycles. The van der Waals surface area contributed by atoms with E-state index >= 15 is 0 Å². The highest BCUT2D eigenvalue weighted by atomic mass is 16.5. The molecule has 0 fully saturated rings. The van der Waals surface area contributed by atoms with E-state index in [9.17, 15) is 9.59 Å². The highest BCUT2D eigenvalue weighted by Gasteiger charge is 2.29. The Labute approximate surface area is 81.4 Å². The Morgan fingerprint density at radius 3 is 2.71 bits per heavy atom. The summed E-state index contributed by atoms with van der Waals surface area (Å²) in [5.74, 6) is -0.410. The Hall–Kier alpha value is -1.58. The van der Waals surface area contributed by atoms with Gasteiger partial charge in [-0.2, -0.15) is 0 Å². The molecule has 4 heteroatoms. The Bertz CT molecular complexity index is 354. The molecular weight excluding hydrogens is 182 g/mol. The summed E-state index contributed by atoms with van der Waals surface area (Å²) in [6, 6.07) is 0. The number of hydrogen-bond acceptors (Lipinski definition) is 4. The molecule has 14 heavy (non-hydrogen) atoms. The number of nitrogens with two attached hydrogens (primary N) is 1. The first-order valence-electron chi connectivity index (χ1n) is 4.59. The number of cyclic esters (lactones) is 1. The summed E-state index contributed by atoms with van der Waals surface area (Å²) in [5.41, 5.74) is 6.76. The predicted octanol–water partition coefficient (Wildman–Crippen LogP) is 0.434. The van der Waals surface area contributed by atoms with Crippen LogP contribution in [0.4, 0.5) is 0 Å². The fourth-order valence-electron chi connectivity index (χ4n) is 1.75. The highest BCUT2D eigenvalue weighted by Crippen LogP contribution is 2.25. The van der Waals surface area contributed by atoms with E-state index in [1.54, 1.807) is 6.08 Å². The van der Waals surface area contributed by atoms with Gasteiger partial charge in [-0.3, -0.25) is 4.79 Å². The molecule has 74 valence electrons. The van der Waals surface area contributed by atoms with E-state index in [-0.39, 0.29) is 5.78 Å². The number of Topliss-reactive ketones (excluding diaryl/α,β-unsaturated/α-hetero) is 1. The van der Waals surface area contributed by atoms with Crippen molar-refractivity contribution in [1.82, 2.24) is 0 Å². The SMILES string of the molecule is NC1=C(C2C=CC(=O)O2)C(=O)CCC1. The van der Waals surface area contributed by atoms with Crippen molar-refractivity contribution < 1.29 is 14.3 Å². The van der Waals surface area contributed by atoms with Crippen LogP contribution in [0.1, 0.15) is 19.3 Å². The second-order valence-corrected chi connectivity index (χ2v) is 3.43. The van der Waals surface area contributed by atoms with Gasteiger partial charge in [-0.25, -0.2) is 4.79 Å². The lowest BCUT2D eigenvalue weighted by Crippen LogP contribution is -2.25. The van der Waals surface area contributed by atoms with Crippen LogP contribution in [-0.2, 0) is 14.3 Å². The third-order valence-corrected chi connectivity index (χ3v) is 2.43. The Kier molecular flexibility index (Phi) is 2.11. The topological polar surface area (TPSA) is 69.4 Å². The van der Waals surface area contributed by atoms with Crippen molar-refractivity contribution in [2.45, 2.75) is 25.4 Å². The average Bonchev–Trinajstić information content (AvgIpc) is 2.51. The van der Waals surface area contributed by atoms with Crippen molar-refractivity contribution in [2.24, 2.45) is 5.73 Å². The first kappa shape index (κ1) is 8.99. The summed E-state index contributed by atoms with van der Waals surface area (Å²) < 4.78 is 4.93. The normalized spacial score (nSPS) is 27.0. The third kappa shape index (κ3) is 1.43. The van der Waals surface area contributed by atoms with E-state index in [1.165, 1.54) is 6.08 Å². The van der Waals surface area contributed by atoms with Gasteiger partial charge in [-0.15, -0.1) is 0 Å². The molecule has 2 aliphatic rings. The van der Waals surface area contributed by atoms with Gasteiger partial charge in [-0.1, -0.05) is 0 Å². The molecule has 0 spiro atoms. The summed E-state index contributed by atoms with van der Waals surface area (Å²) in [6.07, 6.45) is 4.36. The van der Waals surface area contributed by atoms with Gasteiger partial charge in [-0.05, 0) is 18.9 Å². The number of allylic oxidation sites excluding steroid dienone is 1. The van der Waals surface area contributed by atoms with Crippen molar-refractivity contribution in [3.8, 4) is 0 Å². The quantitative estimate of drug-likeness (QED) is 0.613. The number of carbonyl (C=O) groups is 2. The zero-order chi connectivity index (χ0) is 10.1. The van der Waals surface area contributed by atoms with Crippen molar-refractivity contribution in [1.29, 1.82) is 0 Å². The van der Waals surface area contributed by atoms with Crippen LogP contribution in [0, 0.1) is 0 Å². The van der Waals surface area contributed by atoms with Crippen LogP contribution in [0.15, 0.2) is 23.4 Å². The van der Waals surface area contributed by atoms with Crippen LogP contribution in [0.5, 0.6) is 0 Å². The molecule has 1 unspecified atom stereocenters. The van der Waals surface area contributed by atoms with Crippen LogP contribution in [-0.4, -0.2) is 17.9 Å². The number of ketones is 1. The molecule has 0 saturated carbocycles. The lowest BCUT2D eigenvalue weighted by molar-refractivity contribution is -0.137. The van der Waals surface area contributed by atoms with Gasteiger partial charge in [0.2, 0.25) is 0 Å². The summed E-state index contributed by atoms with van der Waals surface area (Å²) in [7, 11) is 0. The molecule has 2 rings (SSSR count). The number of rotatable bonds is 1. The van der Waals surface area contributed by atoms with E-state index in [0.717, 1.165) is 6.42 Å². The number of hydrogen-bond donors (Lipinski definition) is 1. The smallest absolute Gasteiger partial charge is 0.331 e. The van der Waals surface area contributed by atoms with Gasteiger partial charge in [0.25, 0.3) is 0 Å². The van der Waals surface area contributed by atoms with Gasteiger partial charge in [0.05, 0.1) is 5.57 Å². The molecule has 0 bridgehead atoms. The predicted molar refractivity (Wildman–Crippen MR) is 49.1 cm³/mol. The Morgan fingerprint density at radius 1 is 1.36 bits per heavy atom. The minimum absolute atomic E-state index is 0.00176.